The van der Waals surface area contributed by atoms with Crippen molar-refractivity contribution in [3.63, 3.8) is 0 Å². The number of carbonyl (C=O) groups is 2. The van der Waals surface area contributed by atoms with E-state index in [1.165, 1.54) is 22.4 Å². The summed E-state index contributed by atoms with van der Waals surface area (Å²) < 4.78 is 0. The van der Waals surface area contributed by atoms with E-state index in [0.717, 1.165) is 67.5 Å². The zero-order chi connectivity index (χ0) is 31.1. The maximum Gasteiger partial charge on any atom is 0.246 e. The first-order chi connectivity index (χ1) is 21.3. The molecule has 0 radical (unpaired) electrons. The third-order valence-electron chi connectivity index (χ3n) is 9.06. The van der Waals surface area contributed by atoms with Crippen molar-refractivity contribution in [1.82, 2.24) is 20.5 Å². The second-order valence-corrected chi connectivity index (χ2v) is 12.2. The maximum atomic E-state index is 14.0. The van der Waals surface area contributed by atoms with E-state index >= 15 is 0 Å². The lowest BCUT2D eigenvalue weighted by molar-refractivity contribution is -0.133. The molecular formula is C37H47N5O2. The molecule has 1 aliphatic rings. The predicted octanol–water partition coefficient (Wildman–Crippen LogP) is 5.41. The van der Waals surface area contributed by atoms with Crippen LogP contribution in [0.4, 0.5) is 5.69 Å². The molecule has 7 heteroatoms. The smallest absolute Gasteiger partial charge is 0.246 e. The average molecular weight is 594 g/mol. The highest BCUT2D eigenvalue weighted by Crippen LogP contribution is 2.24. The van der Waals surface area contributed by atoms with Gasteiger partial charge in [-0.2, -0.15) is 0 Å². The lowest BCUT2D eigenvalue weighted by atomic mass is 9.90. The molecule has 1 atom stereocenters. The summed E-state index contributed by atoms with van der Waals surface area (Å²) in [4.78, 5) is 35.4. The molecular weight excluding hydrogens is 546 g/mol. The minimum Gasteiger partial charge on any atom is -0.369 e. The maximum absolute atomic E-state index is 14.0. The molecule has 5 rings (SSSR count). The molecule has 0 bridgehead atoms. The van der Waals surface area contributed by atoms with E-state index in [-0.39, 0.29) is 18.4 Å². The first-order valence-corrected chi connectivity index (χ1v) is 16.1. The largest absolute Gasteiger partial charge is 0.369 e. The molecule has 2 amide bonds. The van der Waals surface area contributed by atoms with Gasteiger partial charge in [0.1, 0.15) is 5.54 Å². The SMILES string of the molecule is CCc1cc(CNC(=O)C(C)(Cc2c[nH]c3ccccc23)NC(=O)CN2CCN(c3ccccc3)CC2)cc(CC)c1CC. The number of para-hydroxylation sites is 2. The normalized spacial score (nSPS) is 15.2. The lowest BCUT2D eigenvalue weighted by Gasteiger charge is -2.36. The summed E-state index contributed by atoms with van der Waals surface area (Å²) in [5.74, 6) is -0.315. The molecule has 1 aliphatic heterocycles. The molecule has 1 unspecified atom stereocenters. The van der Waals surface area contributed by atoms with E-state index in [1.807, 2.05) is 37.4 Å². The molecule has 1 aromatic heterocycles. The summed E-state index contributed by atoms with van der Waals surface area (Å²) in [6.45, 7) is 12.4. The number of H-pyrrole nitrogens is 1. The minimum atomic E-state index is -1.13. The zero-order valence-electron chi connectivity index (χ0n) is 26.7. The van der Waals surface area contributed by atoms with Crippen LogP contribution in [-0.2, 0) is 41.8 Å². The van der Waals surface area contributed by atoms with Gasteiger partial charge in [-0.1, -0.05) is 69.3 Å². The highest BCUT2D eigenvalue weighted by molar-refractivity contribution is 5.93. The molecule has 0 spiro atoms. The van der Waals surface area contributed by atoms with Gasteiger partial charge >= 0.3 is 0 Å². The summed E-state index contributed by atoms with van der Waals surface area (Å²) in [7, 11) is 0. The van der Waals surface area contributed by atoms with Gasteiger partial charge in [-0.05, 0) is 72.2 Å². The number of nitrogens with one attached hydrogen (secondary N) is 3. The Hall–Kier alpha value is -4.10. The number of aromatic nitrogens is 1. The van der Waals surface area contributed by atoms with Gasteiger partial charge in [0.2, 0.25) is 11.8 Å². The fraction of sp³-hybridized carbons (Fsp3) is 0.405. The van der Waals surface area contributed by atoms with Crippen molar-refractivity contribution in [3.05, 3.63) is 101 Å². The van der Waals surface area contributed by atoms with E-state index in [9.17, 15) is 9.59 Å². The van der Waals surface area contributed by atoms with Gasteiger partial charge in [0.15, 0.2) is 0 Å². The summed E-state index contributed by atoms with van der Waals surface area (Å²) in [5.41, 5.74) is 7.32. The van der Waals surface area contributed by atoms with Gasteiger partial charge in [-0.25, -0.2) is 0 Å². The molecule has 0 saturated carbocycles. The number of hydrogen-bond acceptors (Lipinski definition) is 4. The first-order valence-electron chi connectivity index (χ1n) is 16.1. The molecule has 3 aromatic carbocycles. The number of benzene rings is 3. The number of aryl methyl sites for hydroxylation is 2. The van der Waals surface area contributed by atoms with Crippen LogP contribution in [0.3, 0.4) is 0 Å². The van der Waals surface area contributed by atoms with Crippen LogP contribution < -0.4 is 15.5 Å². The van der Waals surface area contributed by atoms with Crippen LogP contribution in [0.25, 0.3) is 10.9 Å². The van der Waals surface area contributed by atoms with Crippen molar-refractivity contribution in [1.29, 1.82) is 0 Å². The molecule has 2 heterocycles. The quantitative estimate of drug-likeness (QED) is 0.205. The van der Waals surface area contributed by atoms with Crippen LogP contribution in [0.15, 0.2) is 72.9 Å². The van der Waals surface area contributed by atoms with Crippen LogP contribution in [0.5, 0.6) is 0 Å². The van der Waals surface area contributed by atoms with Crippen molar-refractivity contribution < 1.29 is 9.59 Å². The molecule has 4 aromatic rings. The van der Waals surface area contributed by atoms with Crippen LogP contribution in [0.2, 0.25) is 0 Å². The summed E-state index contributed by atoms with van der Waals surface area (Å²) in [6.07, 6.45) is 5.27. The van der Waals surface area contributed by atoms with E-state index in [1.54, 1.807) is 0 Å². The summed E-state index contributed by atoms with van der Waals surface area (Å²) in [5, 5.41) is 7.42. The second kappa shape index (κ2) is 14.1. The Balaban J connectivity index is 1.30. The number of fused-ring (bicyclic) bond motifs is 1. The third-order valence-corrected chi connectivity index (χ3v) is 9.06. The molecule has 0 aliphatic carbocycles. The Morgan fingerprint density at radius 3 is 2.16 bits per heavy atom. The van der Waals surface area contributed by atoms with Crippen molar-refractivity contribution in [2.75, 3.05) is 37.6 Å². The number of carbonyl (C=O) groups excluding carboxylic acids is 2. The average Bonchev–Trinajstić information content (AvgIpc) is 3.45. The Morgan fingerprint density at radius 2 is 1.50 bits per heavy atom. The number of piperazine rings is 1. The zero-order valence-corrected chi connectivity index (χ0v) is 26.7. The number of aromatic amines is 1. The van der Waals surface area contributed by atoms with Crippen LogP contribution in [0, 0.1) is 0 Å². The second-order valence-electron chi connectivity index (χ2n) is 12.2. The van der Waals surface area contributed by atoms with Gasteiger partial charge in [0.25, 0.3) is 0 Å². The first kappa shape index (κ1) is 31.3. The van der Waals surface area contributed by atoms with E-state index in [4.69, 9.17) is 0 Å². The summed E-state index contributed by atoms with van der Waals surface area (Å²) in [6, 6.07) is 22.9. The Morgan fingerprint density at radius 1 is 0.841 bits per heavy atom. The van der Waals surface area contributed by atoms with Crippen molar-refractivity contribution in [2.45, 2.75) is 65.5 Å². The minimum absolute atomic E-state index is 0.135. The predicted molar refractivity (Wildman–Crippen MR) is 180 cm³/mol. The standard InChI is InChI=1S/C37H47N5O2/c1-5-28-21-27(22-29(6-2)32(28)7-3)24-39-36(44)37(4,23-30-25-38-34-16-12-11-15-33(30)34)40-35(43)26-41-17-19-42(20-18-41)31-13-9-8-10-14-31/h8-16,21-22,25,38H,5-7,17-20,23-24,26H2,1-4H3,(H,39,44)(H,40,43). The monoisotopic (exact) mass is 593 g/mol. The number of amides is 2. The Kier molecular flexibility index (Phi) is 10.1. The van der Waals surface area contributed by atoms with Crippen molar-refractivity contribution >= 4 is 28.4 Å². The molecule has 1 saturated heterocycles. The van der Waals surface area contributed by atoms with Gasteiger partial charge in [-0.3, -0.25) is 14.5 Å². The highest BCUT2D eigenvalue weighted by atomic mass is 16.2. The number of nitrogens with zero attached hydrogens (tertiary/aromatic N) is 2. The van der Waals surface area contributed by atoms with E-state index < -0.39 is 5.54 Å². The molecule has 7 nitrogen and oxygen atoms in total. The summed E-state index contributed by atoms with van der Waals surface area (Å²) >= 11 is 0. The number of anilines is 1. The van der Waals surface area contributed by atoms with E-state index in [0.29, 0.717) is 13.0 Å². The number of rotatable bonds is 12. The van der Waals surface area contributed by atoms with Gasteiger partial charge < -0.3 is 20.5 Å². The Bertz CT molecular complexity index is 1550. The van der Waals surface area contributed by atoms with Crippen LogP contribution in [-0.4, -0.2) is 60.0 Å². The molecule has 1 fully saturated rings. The van der Waals surface area contributed by atoms with Gasteiger partial charge in [-0.15, -0.1) is 0 Å². The molecule has 232 valence electrons. The molecule has 3 N–H and O–H groups in total. The number of hydrogen-bond donors (Lipinski definition) is 3. The van der Waals surface area contributed by atoms with Gasteiger partial charge in [0, 0.05) is 61.9 Å². The highest BCUT2D eigenvalue weighted by Gasteiger charge is 2.36. The topological polar surface area (TPSA) is 80.5 Å². The molecule has 44 heavy (non-hydrogen) atoms. The lowest BCUT2D eigenvalue weighted by Crippen LogP contribution is -2.60. The van der Waals surface area contributed by atoms with Crippen LogP contribution >= 0.6 is 0 Å². The Labute approximate surface area is 262 Å². The van der Waals surface area contributed by atoms with Crippen molar-refractivity contribution in [3.8, 4) is 0 Å². The van der Waals surface area contributed by atoms with Crippen LogP contribution in [0.1, 0.15) is 55.5 Å². The fourth-order valence-corrected chi connectivity index (χ4v) is 6.63. The third kappa shape index (κ3) is 7.16. The van der Waals surface area contributed by atoms with Crippen molar-refractivity contribution in [2.24, 2.45) is 0 Å². The van der Waals surface area contributed by atoms with E-state index in [2.05, 4.69) is 88.7 Å². The fourth-order valence-electron chi connectivity index (χ4n) is 6.63. The van der Waals surface area contributed by atoms with Gasteiger partial charge in [0.05, 0.1) is 6.54 Å².